The quantitative estimate of drug-likeness (QED) is 0.840. The molecule has 118 valence electrons. The Morgan fingerprint density at radius 2 is 1.95 bits per heavy atom. The third-order valence-electron chi connectivity index (χ3n) is 4.70. The number of halogens is 2. The summed E-state index contributed by atoms with van der Waals surface area (Å²) in [6, 6.07) is 5.00. The van der Waals surface area contributed by atoms with E-state index in [9.17, 15) is 8.78 Å². The molecule has 3 atom stereocenters. The summed E-state index contributed by atoms with van der Waals surface area (Å²) in [5, 5.41) is 3.50. The molecule has 3 heteroatoms. The van der Waals surface area contributed by atoms with E-state index in [-0.39, 0.29) is 0 Å². The van der Waals surface area contributed by atoms with Gasteiger partial charge in [-0.3, -0.25) is 0 Å². The van der Waals surface area contributed by atoms with Crippen LogP contribution in [0.3, 0.4) is 0 Å². The van der Waals surface area contributed by atoms with Gasteiger partial charge in [0.15, 0.2) is 11.6 Å². The lowest BCUT2D eigenvalue weighted by atomic mass is 9.72. The van der Waals surface area contributed by atoms with Gasteiger partial charge in [-0.1, -0.05) is 39.3 Å². The standard InChI is InChI=1S/C18H27F2N/c1-12(2)21-11-15-8-7-13(3)9-16(15)10-14-5-4-6-17(19)18(14)20/h4-6,12-13,15-16,21H,7-11H2,1-3H3. The Kier molecular flexibility index (Phi) is 5.74. The van der Waals surface area contributed by atoms with Gasteiger partial charge >= 0.3 is 0 Å². The van der Waals surface area contributed by atoms with E-state index in [0.717, 1.165) is 13.0 Å². The average Bonchev–Trinajstić information content (AvgIpc) is 2.43. The topological polar surface area (TPSA) is 12.0 Å². The van der Waals surface area contributed by atoms with E-state index >= 15 is 0 Å². The van der Waals surface area contributed by atoms with Crippen molar-refractivity contribution in [1.82, 2.24) is 5.32 Å². The average molecular weight is 295 g/mol. The summed E-state index contributed by atoms with van der Waals surface area (Å²) in [7, 11) is 0. The Balaban J connectivity index is 2.07. The van der Waals surface area contributed by atoms with E-state index in [4.69, 9.17) is 0 Å². The van der Waals surface area contributed by atoms with Crippen molar-refractivity contribution in [3.63, 3.8) is 0 Å². The highest BCUT2D eigenvalue weighted by Crippen LogP contribution is 2.36. The van der Waals surface area contributed by atoms with Crippen molar-refractivity contribution in [3.8, 4) is 0 Å². The van der Waals surface area contributed by atoms with Crippen LogP contribution in [0.25, 0.3) is 0 Å². The maximum absolute atomic E-state index is 13.9. The minimum Gasteiger partial charge on any atom is -0.314 e. The normalized spacial score (nSPS) is 26.3. The highest BCUT2D eigenvalue weighted by atomic mass is 19.2. The molecule has 0 aromatic heterocycles. The molecule has 0 aliphatic heterocycles. The van der Waals surface area contributed by atoms with Crippen LogP contribution < -0.4 is 5.32 Å². The Hall–Kier alpha value is -0.960. The third kappa shape index (κ3) is 4.50. The van der Waals surface area contributed by atoms with Gasteiger partial charge in [-0.05, 0) is 55.2 Å². The first-order valence-electron chi connectivity index (χ1n) is 8.13. The predicted octanol–water partition coefficient (Wildman–Crippen LogP) is 4.56. The zero-order valence-electron chi connectivity index (χ0n) is 13.3. The molecule has 0 radical (unpaired) electrons. The predicted molar refractivity (Wildman–Crippen MR) is 83.2 cm³/mol. The van der Waals surface area contributed by atoms with Crippen molar-refractivity contribution < 1.29 is 8.78 Å². The number of nitrogens with one attached hydrogen (secondary N) is 1. The maximum Gasteiger partial charge on any atom is 0.162 e. The fourth-order valence-corrected chi connectivity index (χ4v) is 3.46. The molecule has 1 saturated carbocycles. The van der Waals surface area contributed by atoms with E-state index in [2.05, 4.69) is 26.1 Å². The number of hydrogen-bond acceptors (Lipinski definition) is 1. The Morgan fingerprint density at radius 1 is 1.19 bits per heavy atom. The van der Waals surface area contributed by atoms with Crippen LogP contribution in [0.15, 0.2) is 18.2 Å². The van der Waals surface area contributed by atoms with Crippen LogP contribution in [-0.4, -0.2) is 12.6 Å². The molecule has 1 aliphatic carbocycles. The van der Waals surface area contributed by atoms with Crippen LogP contribution in [-0.2, 0) is 6.42 Å². The highest BCUT2D eigenvalue weighted by Gasteiger charge is 2.29. The van der Waals surface area contributed by atoms with E-state index < -0.39 is 11.6 Å². The molecule has 0 amide bonds. The molecule has 2 rings (SSSR count). The lowest BCUT2D eigenvalue weighted by molar-refractivity contribution is 0.180. The number of rotatable bonds is 5. The van der Waals surface area contributed by atoms with Gasteiger partial charge in [0, 0.05) is 6.04 Å². The van der Waals surface area contributed by atoms with Crippen molar-refractivity contribution in [2.45, 2.75) is 52.5 Å². The lowest BCUT2D eigenvalue weighted by Crippen LogP contribution is -2.36. The van der Waals surface area contributed by atoms with Crippen LogP contribution in [0.1, 0.15) is 45.6 Å². The summed E-state index contributed by atoms with van der Waals surface area (Å²) in [5.41, 5.74) is 0.531. The molecule has 1 aliphatic rings. The van der Waals surface area contributed by atoms with E-state index in [0.29, 0.717) is 35.8 Å². The van der Waals surface area contributed by atoms with E-state index in [1.807, 2.05) is 0 Å². The van der Waals surface area contributed by atoms with Gasteiger partial charge in [-0.15, -0.1) is 0 Å². The van der Waals surface area contributed by atoms with Crippen LogP contribution in [0, 0.1) is 29.4 Å². The maximum atomic E-state index is 13.9. The smallest absolute Gasteiger partial charge is 0.162 e. The van der Waals surface area contributed by atoms with Crippen LogP contribution >= 0.6 is 0 Å². The molecule has 0 saturated heterocycles. The van der Waals surface area contributed by atoms with Crippen molar-refractivity contribution in [1.29, 1.82) is 0 Å². The molecule has 21 heavy (non-hydrogen) atoms. The highest BCUT2D eigenvalue weighted by molar-refractivity contribution is 5.19. The molecule has 0 spiro atoms. The van der Waals surface area contributed by atoms with Gasteiger partial charge in [0.2, 0.25) is 0 Å². The summed E-state index contributed by atoms with van der Waals surface area (Å²) >= 11 is 0. The van der Waals surface area contributed by atoms with Gasteiger partial charge in [0.1, 0.15) is 0 Å². The first-order valence-corrected chi connectivity index (χ1v) is 8.13. The van der Waals surface area contributed by atoms with Crippen molar-refractivity contribution in [2.75, 3.05) is 6.54 Å². The summed E-state index contributed by atoms with van der Waals surface area (Å²) in [4.78, 5) is 0. The summed E-state index contributed by atoms with van der Waals surface area (Å²) in [5.74, 6) is 0.295. The zero-order valence-corrected chi connectivity index (χ0v) is 13.3. The third-order valence-corrected chi connectivity index (χ3v) is 4.70. The molecular weight excluding hydrogens is 268 g/mol. The second-order valence-electron chi connectivity index (χ2n) is 6.92. The van der Waals surface area contributed by atoms with Crippen molar-refractivity contribution >= 4 is 0 Å². The lowest BCUT2D eigenvalue weighted by Gasteiger charge is -2.36. The van der Waals surface area contributed by atoms with Crippen LogP contribution in [0.5, 0.6) is 0 Å². The van der Waals surface area contributed by atoms with Crippen molar-refractivity contribution in [3.05, 3.63) is 35.4 Å². The van der Waals surface area contributed by atoms with E-state index in [1.54, 1.807) is 12.1 Å². The molecule has 1 fully saturated rings. The fraction of sp³-hybridized carbons (Fsp3) is 0.667. The fourth-order valence-electron chi connectivity index (χ4n) is 3.46. The molecule has 0 bridgehead atoms. The Morgan fingerprint density at radius 3 is 2.67 bits per heavy atom. The molecule has 0 heterocycles. The summed E-state index contributed by atoms with van der Waals surface area (Å²) in [6.07, 6.45) is 4.19. The first kappa shape index (κ1) is 16.4. The van der Waals surface area contributed by atoms with Crippen LogP contribution in [0.2, 0.25) is 0 Å². The minimum absolute atomic E-state index is 0.441. The second-order valence-corrected chi connectivity index (χ2v) is 6.92. The largest absolute Gasteiger partial charge is 0.314 e. The van der Waals surface area contributed by atoms with E-state index in [1.165, 1.54) is 18.9 Å². The Bertz CT molecular complexity index is 459. The summed E-state index contributed by atoms with van der Waals surface area (Å²) < 4.78 is 27.3. The molecular formula is C18H27F2N. The second kappa shape index (κ2) is 7.35. The zero-order chi connectivity index (χ0) is 15.4. The number of hydrogen-bond donors (Lipinski definition) is 1. The summed E-state index contributed by atoms with van der Waals surface area (Å²) in [6.45, 7) is 7.53. The SMILES string of the molecule is CC1CCC(CNC(C)C)C(Cc2cccc(F)c2F)C1. The Labute approximate surface area is 127 Å². The van der Waals surface area contributed by atoms with Gasteiger partial charge in [0.25, 0.3) is 0 Å². The number of benzene rings is 1. The molecule has 1 N–H and O–H groups in total. The van der Waals surface area contributed by atoms with Gasteiger partial charge in [0.05, 0.1) is 0 Å². The monoisotopic (exact) mass is 295 g/mol. The molecule has 1 aromatic rings. The van der Waals surface area contributed by atoms with Gasteiger partial charge < -0.3 is 5.32 Å². The van der Waals surface area contributed by atoms with Gasteiger partial charge in [-0.25, -0.2) is 8.78 Å². The molecule has 1 nitrogen and oxygen atoms in total. The first-order chi connectivity index (χ1) is 9.97. The molecule has 3 unspecified atom stereocenters. The van der Waals surface area contributed by atoms with Gasteiger partial charge in [-0.2, -0.15) is 0 Å². The minimum atomic E-state index is -0.729. The van der Waals surface area contributed by atoms with Crippen molar-refractivity contribution in [2.24, 2.45) is 17.8 Å². The molecule has 1 aromatic carbocycles. The van der Waals surface area contributed by atoms with Crippen LogP contribution in [0.4, 0.5) is 8.78 Å².